The summed E-state index contributed by atoms with van der Waals surface area (Å²) in [5, 5.41) is 3.90. The first-order chi connectivity index (χ1) is 7.33. The average molecular weight is 223 g/mol. The number of carbonyl (C=O) groups excluding carboxylic acids is 1. The molecule has 1 heterocycles. The van der Waals surface area contributed by atoms with Crippen molar-refractivity contribution < 1.29 is 4.79 Å². The minimum atomic E-state index is 0.536. The maximum atomic E-state index is 10.8. The Kier molecular flexibility index (Phi) is 3.20. The van der Waals surface area contributed by atoms with Gasteiger partial charge in [0.2, 0.25) is 0 Å². The van der Waals surface area contributed by atoms with Crippen LogP contribution in [0.5, 0.6) is 0 Å². The lowest BCUT2D eigenvalue weighted by Gasteiger charge is -2.07. The number of aldehydes is 1. The number of nitrogens with one attached hydrogen (secondary N) is 1. The number of carbonyl (C=O) groups is 1. The Hall–Kier alpha value is -1.10. The first-order valence-electron chi connectivity index (χ1n) is 4.93. The second-order valence-electron chi connectivity index (χ2n) is 3.60. The van der Waals surface area contributed by atoms with Crippen LogP contribution in [0.1, 0.15) is 23.2 Å². The molecule has 0 spiro atoms. The van der Waals surface area contributed by atoms with E-state index in [1.807, 2.05) is 6.26 Å². The van der Waals surface area contributed by atoms with Crippen molar-refractivity contribution in [2.24, 2.45) is 5.92 Å². The third-order valence-corrected chi connectivity index (χ3v) is 2.92. The van der Waals surface area contributed by atoms with E-state index in [0.29, 0.717) is 16.5 Å². The monoisotopic (exact) mass is 223 g/mol. The fourth-order valence-electron chi connectivity index (χ4n) is 1.26. The topological polar surface area (TPSA) is 54.9 Å². The van der Waals surface area contributed by atoms with Crippen LogP contribution in [0.4, 0.5) is 5.82 Å². The van der Waals surface area contributed by atoms with Gasteiger partial charge in [0.15, 0.2) is 11.4 Å². The van der Waals surface area contributed by atoms with E-state index in [2.05, 4.69) is 15.3 Å². The molecule has 0 atom stereocenters. The largest absolute Gasteiger partial charge is 0.369 e. The van der Waals surface area contributed by atoms with Crippen LogP contribution < -0.4 is 5.32 Å². The summed E-state index contributed by atoms with van der Waals surface area (Å²) in [6.07, 6.45) is 6.84. The van der Waals surface area contributed by atoms with Crippen LogP contribution in [0, 0.1) is 5.92 Å². The maximum Gasteiger partial charge on any atom is 0.189 e. The molecule has 1 saturated carbocycles. The van der Waals surface area contributed by atoms with Crippen molar-refractivity contribution in [2.75, 3.05) is 18.1 Å². The van der Waals surface area contributed by atoms with Gasteiger partial charge in [-0.15, -0.1) is 0 Å². The fraction of sp³-hybridized carbons (Fsp3) is 0.500. The van der Waals surface area contributed by atoms with Gasteiger partial charge in [-0.2, -0.15) is 0 Å². The Balaban J connectivity index is 2.12. The molecule has 0 radical (unpaired) electrons. The predicted octanol–water partition coefficient (Wildman–Crippen LogP) is 1.83. The van der Waals surface area contributed by atoms with Gasteiger partial charge in [-0.1, -0.05) is 11.8 Å². The van der Waals surface area contributed by atoms with Gasteiger partial charge in [0.05, 0.1) is 5.56 Å². The number of aromatic nitrogens is 2. The van der Waals surface area contributed by atoms with Crippen molar-refractivity contribution in [3.05, 3.63) is 11.8 Å². The highest BCUT2D eigenvalue weighted by atomic mass is 32.2. The zero-order chi connectivity index (χ0) is 10.7. The fourth-order valence-corrected chi connectivity index (χ4v) is 1.60. The van der Waals surface area contributed by atoms with E-state index in [1.165, 1.54) is 24.6 Å². The average Bonchev–Trinajstić information content (AvgIpc) is 3.09. The molecule has 1 N–H and O–H groups in total. The van der Waals surface area contributed by atoms with Crippen LogP contribution in [0.2, 0.25) is 0 Å². The van der Waals surface area contributed by atoms with Crippen molar-refractivity contribution in [1.82, 2.24) is 9.97 Å². The van der Waals surface area contributed by atoms with E-state index in [-0.39, 0.29) is 0 Å². The van der Waals surface area contributed by atoms with Gasteiger partial charge < -0.3 is 5.32 Å². The van der Waals surface area contributed by atoms with E-state index in [4.69, 9.17) is 0 Å². The van der Waals surface area contributed by atoms with Gasteiger partial charge in [-0.3, -0.25) is 4.79 Å². The van der Waals surface area contributed by atoms with Crippen LogP contribution in [0.3, 0.4) is 0 Å². The van der Waals surface area contributed by atoms with Gasteiger partial charge in [0, 0.05) is 12.7 Å². The Bertz CT molecular complexity index is 366. The Morgan fingerprint density at radius 1 is 1.67 bits per heavy atom. The zero-order valence-corrected chi connectivity index (χ0v) is 9.38. The van der Waals surface area contributed by atoms with Crippen LogP contribution in [0.15, 0.2) is 11.4 Å². The molecule has 0 saturated heterocycles. The molecule has 4 nitrogen and oxygen atoms in total. The van der Waals surface area contributed by atoms with Crippen molar-refractivity contribution in [3.63, 3.8) is 0 Å². The molecule has 0 aromatic carbocycles. The lowest BCUT2D eigenvalue weighted by Crippen LogP contribution is -2.08. The first kappa shape index (κ1) is 10.4. The molecule has 1 aromatic heterocycles. The van der Waals surface area contributed by atoms with Gasteiger partial charge in [0.25, 0.3) is 0 Å². The highest BCUT2D eigenvalue weighted by Crippen LogP contribution is 2.29. The third kappa shape index (κ3) is 2.68. The molecule has 2 rings (SSSR count). The smallest absolute Gasteiger partial charge is 0.189 e. The number of hydrogen-bond donors (Lipinski definition) is 1. The molecule has 1 aliphatic carbocycles. The molecule has 0 aliphatic heterocycles. The standard InChI is InChI=1S/C10H13N3OS/c1-15-10-12-5-8(6-14)9(13-10)11-4-7-2-3-7/h5-7H,2-4H2,1H3,(H,11,12,13). The van der Waals surface area contributed by atoms with E-state index in [0.717, 1.165) is 18.7 Å². The number of nitrogens with zero attached hydrogens (tertiary/aromatic N) is 2. The maximum absolute atomic E-state index is 10.8. The van der Waals surface area contributed by atoms with Crippen molar-refractivity contribution >= 4 is 23.9 Å². The molecule has 0 bridgehead atoms. The summed E-state index contributed by atoms with van der Waals surface area (Å²) in [6, 6.07) is 0. The molecule has 0 amide bonds. The summed E-state index contributed by atoms with van der Waals surface area (Å²) < 4.78 is 0. The molecular formula is C10H13N3OS. The number of hydrogen-bond acceptors (Lipinski definition) is 5. The van der Waals surface area contributed by atoms with E-state index < -0.39 is 0 Å². The quantitative estimate of drug-likeness (QED) is 0.469. The van der Waals surface area contributed by atoms with Crippen LogP contribution in [-0.2, 0) is 0 Å². The molecule has 15 heavy (non-hydrogen) atoms. The number of rotatable bonds is 5. The first-order valence-corrected chi connectivity index (χ1v) is 6.16. The lowest BCUT2D eigenvalue weighted by molar-refractivity contribution is 0.112. The van der Waals surface area contributed by atoms with Gasteiger partial charge in [-0.25, -0.2) is 9.97 Å². The molecule has 1 fully saturated rings. The summed E-state index contributed by atoms with van der Waals surface area (Å²) in [6.45, 7) is 0.908. The SMILES string of the molecule is CSc1ncc(C=O)c(NCC2CC2)n1. The van der Waals surface area contributed by atoms with E-state index >= 15 is 0 Å². The Morgan fingerprint density at radius 3 is 3.07 bits per heavy atom. The van der Waals surface area contributed by atoms with Gasteiger partial charge >= 0.3 is 0 Å². The summed E-state index contributed by atoms with van der Waals surface area (Å²) in [5.74, 6) is 1.42. The Morgan fingerprint density at radius 2 is 2.47 bits per heavy atom. The van der Waals surface area contributed by atoms with Crippen LogP contribution >= 0.6 is 11.8 Å². The van der Waals surface area contributed by atoms with Crippen LogP contribution in [-0.4, -0.2) is 29.1 Å². The lowest BCUT2D eigenvalue weighted by atomic mass is 10.3. The van der Waals surface area contributed by atoms with Gasteiger partial charge in [-0.05, 0) is 25.0 Å². The highest BCUT2D eigenvalue weighted by molar-refractivity contribution is 7.98. The molecule has 5 heteroatoms. The number of anilines is 1. The predicted molar refractivity (Wildman–Crippen MR) is 60.4 cm³/mol. The summed E-state index contributed by atoms with van der Waals surface area (Å²) in [5.41, 5.74) is 0.536. The summed E-state index contributed by atoms with van der Waals surface area (Å²) in [7, 11) is 0. The normalized spacial score (nSPS) is 15.0. The number of thioether (sulfide) groups is 1. The minimum absolute atomic E-state index is 0.536. The summed E-state index contributed by atoms with van der Waals surface area (Å²) >= 11 is 1.47. The molecule has 0 unspecified atom stereocenters. The molecule has 1 aliphatic rings. The molecule has 1 aromatic rings. The van der Waals surface area contributed by atoms with E-state index in [9.17, 15) is 4.79 Å². The summed E-state index contributed by atoms with van der Waals surface area (Å²) in [4.78, 5) is 19.1. The van der Waals surface area contributed by atoms with Crippen LogP contribution in [0.25, 0.3) is 0 Å². The zero-order valence-electron chi connectivity index (χ0n) is 8.56. The van der Waals surface area contributed by atoms with Gasteiger partial charge in [0.1, 0.15) is 5.82 Å². The molecule has 80 valence electrons. The minimum Gasteiger partial charge on any atom is -0.369 e. The Labute approximate surface area is 92.9 Å². The third-order valence-electron chi connectivity index (χ3n) is 2.36. The van der Waals surface area contributed by atoms with Crippen molar-refractivity contribution in [3.8, 4) is 0 Å². The highest BCUT2D eigenvalue weighted by Gasteiger charge is 2.21. The second-order valence-corrected chi connectivity index (χ2v) is 4.38. The van der Waals surface area contributed by atoms with E-state index in [1.54, 1.807) is 6.20 Å². The second kappa shape index (κ2) is 4.61. The van der Waals surface area contributed by atoms with Crippen molar-refractivity contribution in [1.29, 1.82) is 0 Å². The molecular weight excluding hydrogens is 210 g/mol. The van der Waals surface area contributed by atoms with Crippen molar-refractivity contribution in [2.45, 2.75) is 18.0 Å².